The zero-order valence-corrected chi connectivity index (χ0v) is 12.4. The maximum atomic E-state index is 10.1. The van der Waals surface area contributed by atoms with Gasteiger partial charge in [-0.3, -0.25) is 0 Å². The van der Waals surface area contributed by atoms with E-state index >= 15 is 0 Å². The lowest BCUT2D eigenvalue weighted by Gasteiger charge is -2.14. The van der Waals surface area contributed by atoms with E-state index in [4.69, 9.17) is 32.7 Å². The van der Waals surface area contributed by atoms with Crippen LogP contribution in [0.4, 0.5) is 0 Å². The fourth-order valence-corrected chi connectivity index (χ4v) is 2.06. The molecule has 106 valence electrons. The van der Waals surface area contributed by atoms with Crippen molar-refractivity contribution in [3.63, 3.8) is 0 Å². The Morgan fingerprint density at radius 3 is 2.65 bits per heavy atom. The van der Waals surface area contributed by atoms with Crippen LogP contribution in [0.2, 0.25) is 10.0 Å². The maximum absolute atomic E-state index is 10.1. The lowest BCUT2D eigenvalue weighted by atomic mass is 10.1. The van der Waals surface area contributed by atoms with Gasteiger partial charge in [0.2, 0.25) is 0 Å². The van der Waals surface area contributed by atoms with Gasteiger partial charge in [-0.25, -0.2) is 0 Å². The van der Waals surface area contributed by atoms with Gasteiger partial charge < -0.3 is 14.6 Å². The standard InChI is InChI=1S/C15H14Cl2O3/c1-19-11-5-2-4-10(8-11)13(18)9-20-14-7-3-6-12(16)15(14)17/h2-8,13,18H,9H2,1H3. The zero-order valence-electron chi connectivity index (χ0n) is 10.8. The second-order valence-electron chi connectivity index (χ2n) is 4.16. The summed E-state index contributed by atoms with van der Waals surface area (Å²) in [4.78, 5) is 0. The van der Waals surface area contributed by atoms with E-state index in [1.807, 2.05) is 12.1 Å². The number of aliphatic hydroxyl groups excluding tert-OH is 1. The summed E-state index contributed by atoms with van der Waals surface area (Å²) < 4.78 is 10.6. The molecular weight excluding hydrogens is 299 g/mol. The molecule has 5 heteroatoms. The fraction of sp³-hybridized carbons (Fsp3) is 0.200. The van der Waals surface area contributed by atoms with Crippen molar-refractivity contribution in [2.24, 2.45) is 0 Å². The minimum atomic E-state index is -0.778. The highest BCUT2D eigenvalue weighted by Crippen LogP contribution is 2.32. The van der Waals surface area contributed by atoms with Crippen molar-refractivity contribution in [3.05, 3.63) is 58.1 Å². The molecule has 1 unspecified atom stereocenters. The van der Waals surface area contributed by atoms with Crippen LogP contribution in [0.1, 0.15) is 11.7 Å². The molecule has 0 spiro atoms. The third-order valence-corrected chi connectivity index (χ3v) is 3.59. The highest BCUT2D eigenvalue weighted by atomic mass is 35.5. The molecule has 1 atom stereocenters. The molecule has 0 aliphatic heterocycles. The SMILES string of the molecule is COc1cccc(C(O)COc2cccc(Cl)c2Cl)c1. The molecular formula is C15H14Cl2O3. The molecule has 0 saturated carbocycles. The summed E-state index contributed by atoms with van der Waals surface area (Å²) in [6, 6.07) is 12.3. The fourth-order valence-electron chi connectivity index (χ4n) is 1.71. The smallest absolute Gasteiger partial charge is 0.139 e. The first-order chi connectivity index (χ1) is 9.61. The van der Waals surface area contributed by atoms with Gasteiger partial charge in [0.1, 0.15) is 29.2 Å². The van der Waals surface area contributed by atoms with Gasteiger partial charge in [-0.1, -0.05) is 41.4 Å². The molecule has 0 amide bonds. The number of hydrogen-bond donors (Lipinski definition) is 1. The highest BCUT2D eigenvalue weighted by Gasteiger charge is 2.11. The van der Waals surface area contributed by atoms with Gasteiger partial charge in [-0.05, 0) is 29.8 Å². The Morgan fingerprint density at radius 2 is 1.90 bits per heavy atom. The van der Waals surface area contributed by atoms with E-state index in [-0.39, 0.29) is 6.61 Å². The van der Waals surface area contributed by atoms with Gasteiger partial charge in [0.25, 0.3) is 0 Å². The predicted octanol–water partition coefficient (Wildman–Crippen LogP) is 4.11. The van der Waals surface area contributed by atoms with Gasteiger partial charge in [0.05, 0.1) is 12.1 Å². The van der Waals surface area contributed by atoms with E-state index in [1.54, 1.807) is 37.4 Å². The normalized spacial score (nSPS) is 12.0. The summed E-state index contributed by atoms with van der Waals surface area (Å²) in [5.41, 5.74) is 0.711. The van der Waals surface area contributed by atoms with E-state index in [0.29, 0.717) is 27.1 Å². The predicted molar refractivity (Wildman–Crippen MR) is 79.9 cm³/mol. The number of benzene rings is 2. The monoisotopic (exact) mass is 312 g/mol. The molecule has 0 heterocycles. The van der Waals surface area contributed by atoms with E-state index < -0.39 is 6.10 Å². The van der Waals surface area contributed by atoms with Gasteiger partial charge in [-0.15, -0.1) is 0 Å². The highest BCUT2D eigenvalue weighted by molar-refractivity contribution is 6.42. The van der Waals surface area contributed by atoms with Crippen LogP contribution in [0.25, 0.3) is 0 Å². The molecule has 3 nitrogen and oxygen atoms in total. The van der Waals surface area contributed by atoms with Crippen molar-refractivity contribution in [3.8, 4) is 11.5 Å². The van der Waals surface area contributed by atoms with Gasteiger partial charge in [0, 0.05) is 0 Å². The second-order valence-corrected chi connectivity index (χ2v) is 4.94. The Labute approximate surface area is 127 Å². The van der Waals surface area contributed by atoms with Crippen LogP contribution in [-0.4, -0.2) is 18.8 Å². The summed E-state index contributed by atoms with van der Waals surface area (Å²) in [6.07, 6.45) is -0.778. The Morgan fingerprint density at radius 1 is 1.15 bits per heavy atom. The average molecular weight is 313 g/mol. The minimum absolute atomic E-state index is 0.0766. The third-order valence-electron chi connectivity index (χ3n) is 2.79. The van der Waals surface area contributed by atoms with Gasteiger partial charge in [-0.2, -0.15) is 0 Å². The lowest BCUT2D eigenvalue weighted by molar-refractivity contribution is 0.108. The molecule has 0 fully saturated rings. The maximum Gasteiger partial charge on any atom is 0.139 e. The molecule has 2 rings (SSSR count). The van der Waals surface area contributed by atoms with E-state index in [1.165, 1.54) is 0 Å². The lowest BCUT2D eigenvalue weighted by Crippen LogP contribution is -2.10. The summed E-state index contributed by atoms with van der Waals surface area (Å²) in [6.45, 7) is 0.0766. The summed E-state index contributed by atoms with van der Waals surface area (Å²) in [7, 11) is 1.58. The molecule has 2 aromatic rings. The first-order valence-electron chi connectivity index (χ1n) is 6.00. The Hall–Kier alpha value is -1.42. The van der Waals surface area contributed by atoms with Crippen LogP contribution >= 0.6 is 23.2 Å². The summed E-state index contributed by atoms with van der Waals surface area (Å²) >= 11 is 11.9. The Kier molecular flexibility index (Phi) is 5.12. The third kappa shape index (κ3) is 3.57. The number of rotatable bonds is 5. The molecule has 0 saturated heterocycles. The first-order valence-corrected chi connectivity index (χ1v) is 6.76. The zero-order chi connectivity index (χ0) is 14.5. The molecule has 2 aromatic carbocycles. The van der Waals surface area contributed by atoms with E-state index in [2.05, 4.69) is 0 Å². The van der Waals surface area contributed by atoms with Crippen LogP contribution in [0.3, 0.4) is 0 Å². The number of hydrogen-bond acceptors (Lipinski definition) is 3. The molecule has 0 aliphatic rings. The molecule has 0 bridgehead atoms. The molecule has 20 heavy (non-hydrogen) atoms. The second kappa shape index (κ2) is 6.84. The number of aliphatic hydroxyl groups is 1. The van der Waals surface area contributed by atoms with Crippen LogP contribution in [0.15, 0.2) is 42.5 Å². The quantitative estimate of drug-likeness (QED) is 0.902. The van der Waals surface area contributed by atoms with Crippen LogP contribution < -0.4 is 9.47 Å². The minimum Gasteiger partial charge on any atom is -0.497 e. The van der Waals surface area contributed by atoms with Crippen LogP contribution in [-0.2, 0) is 0 Å². The van der Waals surface area contributed by atoms with Crippen LogP contribution in [0.5, 0.6) is 11.5 Å². The first kappa shape index (κ1) is 15.0. The van der Waals surface area contributed by atoms with Crippen molar-refractivity contribution in [2.75, 3.05) is 13.7 Å². The van der Waals surface area contributed by atoms with Crippen molar-refractivity contribution in [2.45, 2.75) is 6.10 Å². The molecule has 1 N–H and O–H groups in total. The Balaban J connectivity index is 2.04. The topological polar surface area (TPSA) is 38.7 Å². The Bertz CT molecular complexity index is 587. The van der Waals surface area contributed by atoms with Crippen molar-refractivity contribution < 1.29 is 14.6 Å². The van der Waals surface area contributed by atoms with E-state index in [9.17, 15) is 5.11 Å². The van der Waals surface area contributed by atoms with E-state index in [0.717, 1.165) is 0 Å². The molecule has 0 radical (unpaired) electrons. The number of halogens is 2. The van der Waals surface area contributed by atoms with Crippen molar-refractivity contribution in [1.29, 1.82) is 0 Å². The van der Waals surface area contributed by atoms with Crippen LogP contribution in [0, 0.1) is 0 Å². The number of ether oxygens (including phenoxy) is 2. The molecule has 0 aromatic heterocycles. The largest absolute Gasteiger partial charge is 0.497 e. The summed E-state index contributed by atoms with van der Waals surface area (Å²) in [5.74, 6) is 1.13. The van der Waals surface area contributed by atoms with Gasteiger partial charge >= 0.3 is 0 Å². The van der Waals surface area contributed by atoms with Crippen molar-refractivity contribution >= 4 is 23.2 Å². The molecule has 0 aliphatic carbocycles. The van der Waals surface area contributed by atoms with Gasteiger partial charge in [0.15, 0.2) is 0 Å². The van der Waals surface area contributed by atoms with Crippen molar-refractivity contribution in [1.82, 2.24) is 0 Å². The summed E-state index contributed by atoms with van der Waals surface area (Å²) in [5, 5.41) is 10.9. The number of methoxy groups -OCH3 is 1. The average Bonchev–Trinajstić information content (AvgIpc) is 2.48.